The van der Waals surface area contributed by atoms with E-state index in [1.165, 1.54) is 0 Å². The van der Waals surface area contributed by atoms with E-state index in [0.29, 0.717) is 68.3 Å². The van der Waals surface area contributed by atoms with Crippen molar-refractivity contribution in [1.29, 1.82) is 0 Å². The first kappa shape index (κ1) is 27.1. The van der Waals surface area contributed by atoms with Crippen LogP contribution in [0.25, 0.3) is 10.9 Å². The fourth-order valence-electron chi connectivity index (χ4n) is 5.18. The van der Waals surface area contributed by atoms with Crippen molar-refractivity contribution in [2.24, 2.45) is 5.41 Å². The van der Waals surface area contributed by atoms with Crippen LogP contribution in [0.3, 0.4) is 0 Å². The zero-order valence-electron chi connectivity index (χ0n) is 21.2. The van der Waals surface area contributed by atoms with Gasteiger partial charge >= 0.3 is 0 Å². The molecule has 4 rings (SSSR count). The molecule has 1 atom stereocenters. The Labute approximate surface area is 214 Å². The molecule has 9 heteroatoms. The predicted molar refractivity (Wildman–Crippen MR) is 136 cm³/mol. The maximum Gasteiger partial charge on any atom is 0.182 e. The number of fused-ring (bicyclic) bond motifs is 1. The molecule has 1 saturated heterocycles. The lowest BCUT2D eigenvalue weighted by atomic mass is 9.74. The number of pyridine rings is 1. The number of alkyl halides is 1. The lowest BCUT2D eigenvalue weighted by Crippen LogP contribution is -2.43. The highest BCUT2D eigenvalue weighted by Gasteiger charge is 2.35. The van der Waals surface area contributed by atoms with E-state index in [1.807, 2.05) is 19.1 Å². The molecule has 1 aliphatic rings. The topological polar surface area (TPSA) is 57.6 Å². The van der Waals surface area contributed by atoms with Crippen molar-refractivity contribution >= 4 is 16.6 Å². The molecule has 0 aliphatic carbocycles. The van der Waals surface area contributed by atoms with Gasteiger partial charge in [-0.25, -0.2) is 17.6 Å². The number of halogens is 4. The van der Waals surface area contributed by atoms with Gasteiger partial charge in [0.15, 0.2) is 11.6 Å². The SMILES string of the molecule is COc1ccc2ncc(C)c(C(F)CCC3(CO)CCN(CCNc4cc(F)cc(F)c4F)CC3)c2c1. The average molecular weight is 520 g/mol. The Hall–Kier alpha value is -2.91. The summed E-state index contributed by atoms with van der Waals surface area (Å²) < 4.78 is 61.6. The molecule has 37 heavy (non-hydrogen) atoms. The van der Waals surface area contributed by atoms with Gasteiger partial charge in [-0.15, -0.1) is 0 Å². The number of aliphatic hydroxyl groups is 1. The van der Waals surface area contributed by atoms with E-state index >= 15 is 4.39 Å². The van der Waals surface area contributed by atoms with Gasteiger partial charge < -0.3 is 20.1 Å². The van der Waals surface area contributed by atoms with Crippen LogP contribution in [0.15, 0.2) is 36.5 Å². The third-order valence-electron chi connectivity index (χ3n) is 7.55. The average Bonchev–Trinajstić information content (AvgIpc) is 2.90. The Balaban J connectivity index is 1.33. The molecule has 0 bridgehead atoms. The van der Waals surface area contributed by atoms with Gasteiger partial charge in [0.2, 0.25) is 0 Å². The van der Waals surface area contributed by atoms with E-state index in [-0.39, 0.29) is 24.1 Å². The molecule has 1 unspecified atom stereocenters. The van der Waals surface area contributed by atoms with Gasteiger partial charge in [0.25, 0.3) is 0 Å². The second-order valence-corrected chi connectivity index (χ2v) is 9.92. The van der Waals surface area contributed by atoms with Crippen molar-refractivity contribution in [2.45, 2.75) is 38.8 Å². The zero-order chi connectivity index (χ0) is 26.6. The number of hydrogen-bond acceptors (Lipinski definition) is 5. The number of nitrogens with one attached hydrogen (secondary N) is 1. The van der Waals surface area contributed by atoms with Crippen molar-refractivity contribution in [3.05, 3.63) is 65.1 Å². The zero-order valence-corrected chi connectivity index (χ0v) is 21.2. The maximum absolute atomic E-state index is 15.7. The lowest BCUT2D eigenvalue weighted by molar-refractivity contribution is 0.0315. The molecule has 2 aromatic carbocycles. The number of aromatic nitrogens is 1. The normalized spacial score (nSPS) is 16.6. The molecule has 200 valence electrons. The van der Waals surface area contributed by atoms with Crippen LogP contribution in [-0.4, -0.2) is 54.9 Å². The summed E-state index contributed by atoms with van der Waals surface area (Å²) in [5, 5.41) is 13.7. The number of methoxy groups -OCH3 is 1. The van der Waals surface area contributed by atoms with E-state index in [9.17, 15) is 18.3 Å². The second-order valence-electron chi connectivity index (χ2n) is 9.92. The fourth-order valence-corrected chi connectivity index (χ4v) is 5.18. The molecule has 3 aromatic rings. The minimum Gasteiger partial charge on any atom is -0.497 e. The number of piperidine rings is 1. The Morgan fingerprint density at radius 2 is 1.92 bits per heavy atom. The summed E-state index contributed by atoms with van der Waals surface area (Å²) in [6, 6.07) is 6.89. The molecule has 1 aliphatic heterocycles. The smallest absolute Gasteiger partial charge is 0.182 e. The molecule has 1 fully saturated rings. The quantitative estimate of drug-likeness (QED) is 0.256. The van der Waals surface area contributed by atoms with E-state index in [2.05, 4.69) is 15.2 Å². The molecular weight excluding hydrogens is 486 g/mol. The summed E-state index contributed by atoms with van der Waals surface area (Å²) in [5.41, 5.74) is 1.53. The minimum atomic E-state index is -1.23. The summed E-state index contributed by atoms with van der Waals surface area (Å²) in [6.45, 7) is 4.07. The van der Waals surface area contributed by atoms with Gasteiger partial charge in [0.05, 0.1) is 18.3 Å². The summed E-state index contributed by atoms with van der Waals surface area (Å²) >= 11 is 0. The number of likely N-dealkylation sites (tertiary alicyclic amines) is 1. The number of nitrogens with zero attached hydrogens (tertiary/aromatic N) is 2. The Kier molecular flexibility index (Phi) is 8.54. The van der Waals surface area contributed by atoms with Crippen LogP contribution < -0.4 is 10.1 Å². The number of benzene rings is 2. The highest BCUT2D eigenvalue weighted by atomic mass is 19.2. The van der Waals surface area contributed by atoms with Crippen molar-refractivity contribution in [3.63, 3.8) is 0 Å². The van der Waals surface area contributed by atoms with Crippen molar-refractivity contribution in [1.82, 2.24) is 9.88 Å². The van der Waals surface area contributed by atoms with Crippen LogP contribution in [0, 0.1) is 29.8 Å². The first-order valence-corrected chi connectivity index (χ1v) is 12.5. The molecule has 2 heterocycles. The van der Waals surface area contributed by atoms with E-state index in [1.54, 1.807) is 19.4 Å². The van der Waals surface area contributed by atoms with Crippen LogP contribution in [0.5, 0.6) is 5.75 Å². The van der Waals surface area contributed by atoms with Gasteiger partial charge in [0.1, 0.15) is 17.7 Å². The van der Waals surface area contributed by atoms with E-state index in [0.717, 1.165) is 17.0 Å². The monoisotopic (exact) mass is 519 g/mol. The summed E-state index contributed by atoms with van der Waals surface area (Å²) in [7, 11) is 1.57. The van der Waals surface area contributed by atoms with Gasteiger partial charge in [0, 0.05) is 43.4 Å². The molecule has 1 aromatic heterocycles. The fraction of sp³-hybridized carbons (Fsp3) is 0.464. The van der Waals surface area contributed by atoms with Crippen LogP contribution >= 0.6 is 0 Å². The molecule has 0 spiro atoms. The van der Waals surface area contributed by atoms with Gasteiger partial charge in [-0.05, 0) is 80.4 Å². The van der Waals surface area contributed by atoms with E-state index < -0.39 is 23.6 Å². The Morgan fingerprint density at radius 1 is 1.16 bits per heavy atom. The molecule has 0 saturated carbocycles. The number of ether oxygens (including phenoxy) is 1. The van der Waals surface area contributed by atoms with Crippen LogP contribution in [0.4, 0.5) is 23.2 Å². The number of aliphatic hydroxyl groups excluding tert-OH is 1. The van der Waals surface area contributed by atoms with Gasteiger partial charge in [-0.2, -0.15) is 0 Å². The van der Waals surface area contributed by atoms with Gasteiger partial charge in [-0.3, -0.25) is 4.98 Å². The Bertz CT molecular complexity index is 1230. The molecule has 0 radical (unpaired) electrons. The lowest BCUT2D eigenvalue weighted by Gasteiger charge is -2.41. The van der Waals surface area contributed by atoms with Crippen LogP contribution in [0.2, 0.25) is 0 Å². The number of rotatable bonds is 10. The Morgan fingerprint density at radius 3 is 2.62 bits per heavy atom. The second kappa shape index (κ2) is 11.6. The highest BCUT2D eigenvalue weighted by Crippen LogP contribution is 2.40. The number of hydrogen-bond donors (Lipinski definition) is 2. The van der Waals surface area contributed by atoms with Crippen LogP contribution in [-0.2, 0) is 0 Å². The third-order valence-corrected chi connectivity index (χ3v) is 7.55. The maximum atomic E-state index is 15.7. The van der Waals surface area contributed by atoms with Gasteiger partial charge in [-0.1, -0.05) is 0 Å². The number of aryl methyl sites for hydroxylation is 1. The third kappa shape index (κ3) is 6.15. The predicted octanol–water partition coefficient (Wildman–Crippen LogP) is 5.95. The first-order valence-electron chi connectivity index (χ1n) is 12.5. The van der Waals surface area contributed by atoms with Crippen molar-refractivity contribution in [3.8, 4) is 5.75 Å². The highest BCUT2D eigenvalue weighted by molar-refractivity contribution is 5.84. The van der Waals surface area contributed by atoms with Crippen molar-refractivity contribution in [2.75, 3.05) is 45.2 Å². The summed E-state index contributed by atoms with van der Waals surface area (Å²) in [4.78, 5) is 6.56. The first-order chi connectivity index (χ1) is 17.7. The van der Waals surface area contributed by atoms with E-state index in [4.69, 9.17) is 4.74 Å². The molecule has 2 N–H and O–H groups in total. The minimum absolute atomic E-state index is 0.0243. The molecule has 0 amide bonds. The summed E-state index contributed by atoms with van der Waals surface area (Å²) in [6.07, 6.45) is 2.70. The summed E-state index contributed by atoms with van der Waals surface area (Å²) in [5.74, 6) is -2.52. The standard InChI is InChI=1S/C28H33F4N3O2/c1-18-16-34-24-4-3-20(37-2)15-21(24)26(18)22(30)5-6-28(17-36)7-10-35(11-8-28)12-9-33-25-14-19(29)13-23(31)27(25)32/h3-4,13-16,22,33,36H,5-12,17H2,1-2H3. The number of anilines is 1. The van der Waals surface area contributed by atoms with Crippen LogP contribution in [0.1, 0.15) is 43.0 Å². The molecule has 5 nitrogen and oxygen atoms in total. The largest absolute Gasteiger partial charge is 0.497 e. The van der Waals surface area contributed by atoms with Crippen molar-refractivity contribution < 1.29 is 27.4 Å². The molecular formula is C28H33F4N3O2.